The van der Waals surface area contributed by atoms with Gasteiger partial charge in [0.1, 0.15) is 0 Å². The van der Waals surface area contributed by atoms with Crippen LogP contribution in [0.2, 0.25) is 0 Å². The molecule has 1 atom stereocenters. The Balaban J connectivity index is 2.47. The number of thiophene rings is 1. The first-order valence-electron chi connectivity index (χ1n) is 4.81. The number of aromatic nitrogens is 3. The number of hydrogen-bond donors (Lipinski definition) is 2. The lowest BCUT2D eigenvalue weighted by Crippen LogP contribution is -2.30. The number of aryl methyl sites for hydroxylation is 2. The lowest BCUT2D eigenvalue weighted by Gasteiger charge is -2.14. The molecular formula is C9H11Br2N5S. The SMILES string of the molecule is Cc1cc(C(NN)c2c(Br)nnn2C)sc1Br. The number of hydrogen-bond acceptors (Lipinski definition) is 5. The normalized spacial score (nSPS) is 13.0. The second-order valence-electron chi connectivity index (χ2n) is 3.59. The summed E-state index contributed by atoms with van der Waals surface area (Å²) in [5.74, 6) is 5.64. The fraction of sp³-hybridized carbons (Fsp3) is 0.333. The van der Waals surface area contributed by atoms with E-state index in [2.05, 4.69) is 53.7 Å². The van der Waals surface area contributed by atoms with Gasteiger partial charge in [-0.25, -0.2) is 10.1 Å². The number of hydrazine groups is 1. The maximum Gasteiger partial charge on any atom is 0.153 e. The van der Waals surface area contributed by atoms with Crippen LogP contribution in [0.15, 0.2) is 14.5 Å². The first-order valence-corrected chi connectivity index (χ1v) is 7.22. The van der Waals surface area contributed by atoms with Gasteiger partial charge in [0.25, 0.3) is 0 Å². The second kappa shape index (κ2) is 5.15. The van der Waals surface area contributed by atoms with E-state index < -0.39 is 0 Å². The molecule has 5 nitrogen and oxygen atoms in total. The number of nitrogens with one attached hydrogen (secondary N) is 1. The van der Waals surface area contributed by atoms with Gasteiger partial charge in [-0.3, -0.25) is 5.84 Å². The molecule has 0 saturated carbocycles. The third-order valence-electron chi connectivity index (χ3n) is 2.43. The van der Waals surface area contributed by atoms with Crippen molar-refractivity contribution < 1.29 is 0 Å². The largest absolute Gasteiger partial charge is 0.270 e. The maximum atomic E-state index is 5.64. The molecule has 0 aliphatic heterocycles. The molecule has 2 aromatic rings. The van der Waals surface area contributed by atoms with Crippen molar-refractivity contribution in [3.8, 4) is 0 Å². The van der Waals surface area contributed by atoms with Gasteiger partial charge in [-0.1, -0.05) is 5.21 Å². The van der Waals surface area contributed by atoms with Gasteiger partial charge >= 0.3 is 0 Å². The average molecular weight is 381 g/mol. The quantitative estimate of drug-likeness (QED) is 0.633. The number of nitrogens with zero attached hydrogens (tertiary/aromatic N) is 3. The summed E-state index contributed by atoms with van der Waals surface area (Å²) in [6.07, 6.45) is 0. The fourth-order valence-corrected chi connectivity index (χ4v) is 3.76. The smallest absolute Gasteiger partial charge is 0.153 e. The summed E-state index contributed by atoms with van der Waals surface area (Å²) in [6.45, 7) is 2.05. The van der Waals surface area contributed by atoms with Gasteiger partial charge in [-0.05, 0) is 50.4 Å². The van der Waals surface area contributed by atoms with Crippen molar-refractivity contribution in [2.45, 2.75) is 13.0 Å². The van der Waals surface area contributed by atoms with E-state index in [4.69, 9.17) is 5.84 Å². The molecule has 0 saturated heterocycles. The zero-order chi connectivity index (χ0) is 12.6. The van der Waals surface area contributed by atoms with Crippen LogP contribution in [0.25, 0.3) is 0 Å². The van der Waals surface area contributed by atoms with E-state index in [0.717, 1.165) is 14.4 Å². The minimum Gasteiger partial charge on any atom is -0.270 e. The molecule has 2 aromatic heterocycles. The third-order valence-corrected chi connectivity index (χ3v) is 5.19. The predicted octanol–water partition coefficient (Wildman–Crippen LogP) is 2.26. The van der Waals surface area contributed by atoms with Crippen molar-refractivity contribution >= 4 is 43.2 Å². The Bertz CT molecular complexity index is 496. The van der Waals surface area contributed by atoms with Crippen LogP contribution in [0, 0.1) is 6.92 Å². The van der Waals surface area contributed by atoms with E-state index in [1.807, 2.05) is 14.0 Å². The third kappa shape index (κ3) is 2.45. The first kappa shape index (κ1) is 13.2. The van der Waals surface area contributed by atoms with Crippen molar-refractivity contribution in [2.24, 2.45) is 12.9 Å². The average Bonchev–Trinajstić information content (AvgIpc) is 2.77. The number of rotatable bonds is 3. The lowest BCUT2D eigenvalue weighted by atomic mass is 10.2. The summed E-state index contributed by atoms with van der Waals surface area (Å²) >= 11 is 8.55. The van der Waals surface area contributed by atoms with Crippen LogP contribution in [-0.4, -0.2) is 15.0 Å². The fourth-order valence-electron chi connectivity index (χ4n) is 1.57. The molecule has 0 fully saturated rings. The molecule has 0 spiro atoms. The first-order chi connectivity index (χ1) is 8.04. The summed E-state index contributed by atoms with van der Waals surface area (Å²) in [5, 5.41) is 7.92. The van der Waals surface area contributed by atoms with Gasteiger partial charge in [-0.15, -0.1) is 16.4 Å². The van der Waals surface area contributed by atoms with Gasteiger partial charge in [-0.2, -0.15) is 0 Å². The van der Waals surface area contributed by atoms with E-state index in [9.17, 15) is 0 Å². The van der Waals surface area contributed by atoms with Crippen LogP contribution in [0.5, 0.6) is 0 Å². The Morgan fingerprint density at radius 1 is 1.53 bits per heavy atom. The highest BCUT2D eigenvalue weighted by Gasteiger charge is 2.23. The van der Waals surface area contributed by atoms with Gasteiger partial charge in [0.15, 0.2) is 4.60 Å². The second-order valence-corrected chi connectivity index (χ2v) is 6.75. The molecule has 1 unspecified atom stereocenters. The van der Waals surface area contributed by atoms with E-state index in [1.54, 1.807) is 16.0 Å². The Morgan fingerprint density at radius 3 is 2.65 bits per heavy atom. The minimum atomic E-state index is -0.126. The standard InChI is InChI=1S/C9H11Br2N5S/c1-4-3-5(17-9(4)11)6(13-12)7-8(10)14-15-16(7)2/h3,6,13H,12H2,1-2H3. The highest BCUT2D eigenvalue weighted by molar-refractivity contribution is 9.11. The van der Waals surface area contributed by atoms with Crippen molar-refractivity contribution in [3.63, 3.8) is 0 Å². The summed E-state index contributed by atoms with van der Waals surface area (Å²) in [5.41, 5.74) is 4.90. The Hall–Kier alpha value is -0.280. The summed E-state index contributed by atoms with van der Waals surface area (Å²) in [4.78, 5) is 1.11. The van der Waals surface area contributed by atoms with Crippen LogP contribution >= 0.6 is 43.2 Å². The van der Waals surface area contributed by atoms with E-state index in [0.29, 0.717) is 4.60 Å². The van der Waals surface area contributed by atoms with Gasteiger partial charge < -0.3 is 0 Å². The Kier molecular flexibility index (Phi) is 3.99. The molecule has 2 heterocycles. The molecule has 0 bridgehead atoms. The van der Waals surface area contributed by atoms with E-state index >= 15 is 0 Å². The lowest BCUT2D eigenvalue weighted by molar-refractivity contribution is 0.575. The highest BCUT2D eigenvalue weighted by Crippen LogP contribution is 2.35. The van der Waals surface area contributed by atoms with Crippen LogP contribution in [0.3, 0.4) is 0 Å². The molecule has 3 N–H and O–H groups in total. The van der Waals surface area contributed by atoms with Crippen LogP contribution in [0.1, 0.15) is 22.2 Å². The van der Waals surface area contributed by atoms with Crippen molar-refractivity contribution in [3.05, 3.63) is 30.6 Å². The van der Waals surface area contributed by atoms with Crippen LogP contribution in [-0.2, 0) is 7.05 Å². The zero-order valence-electron chi connectivity index (χ0n) is 9.24. The molecule has 0 aliphatic carbocycles. The van der Waals surface area contributed by atoms with E-state index in [1.165, 1.54) is 5.56 Å². The highest BCUT2D eigenvalue weighted by atomic mass is 79.9. The van der Waals surface area contributed by atoms with Gasteiger partial charge in [0.05, 0.1) is 15.5 Å². The number of nitrogens with two attached hydrogens (primary N) is 1. The zero-order valence-corrected chi connectivity index (χ0v) is 13.2. The van der Waals surface area contributed by atoms with Gasteiger partial charge in [0.2, 0.25) is 0 Å². The molecule has 0 amide bonds. The maximum absolute atomic E-state index is 5.64. The Labute approximate surface area is 120 Å². The monoisotopic (exact) mass is 379 g/mol. The molecule has 92 valence electrons. The Morgan fingerprint density at radius 2 is 2.24 bits per heavy atom. The van der Waals surface area contributed by atoms with Crippen molar-refractivity contribution in [2.75, 3.05) is 0 Å². The summed E-state index contributed by atoms with van der Waals surface area (Å²) in [6, 6.07) is 1.97. The van der Waals surface area contributed by atoms with Crippen LogP contribution < -0.4 is 11.3 Å². The molecule has 0 aliphatic rings. The molecule has 8 heteroatoms. The van der Waals surface area contributed by atoms with Crippen molar-refractivity contribution in [1.29, 1.82) is 0 Å². The molecule has 17 heavy (non-hydrogen) atoms. The topological polar surface area (TPSA) is 68.8 Å². The summed E-state index contributed by atoms with van der Waals surface area (Å²) < 4.78 is 3.52. The van der Waals surface area contributed by atoms with E-state index in [-0.39, 0.29) is 6.04 Å². The predicted molar refractivity (Wildman–Crippen MR) is 74.6 cm³/mol. The number of halogens is 2. The minimum absolute atomic E-state index is 0.126. The van der Waals surface area contributed by atoms with Gasteiger partial charge in [0, 0.05) is 11.9 Å². The van der Waals surface area contributed by atoms with Crippen molar-refractivity contribution in [1.82, 2.24) is 20.4 Å². The molecule has 2 rings (SSSR count). The van der Waals surface area contributed by atoms with Crippen LogP contribution in [0.4, 0.5) is 0 Å². The molecular weight excluding hydrogens is 370 g/mol. The molecule has 0 radical (unpaired) electrons. The molecule has 0 aromatic carbocycles. The summed E-state index contributed by atoms with van der Waals surface area (Å²) in [7, 11) is 1.84.